The Morgan fingerprint density at radius 3 is 2.41 bits per heavy atom. The molecule has 0 aliphatic carbocycles. The average Bonchev–Trinajstić information content (AvgIpc) is 2.86. The molecule has 3 rings (SSSR count). The number of rotatable bonds is 4. The van der Waals surface area contributed by atoms with Gasteiger partial charge in [-0.25, -0.2) is 0 Å². The number of hydrogen-bond acceptors (Lipinski definition) is 1. The van der Waals surface area contributed by atoms with Crippen LogP contribution in [0.1, 0.15) is 18.9 Å². The lowest BCUT2D eigenvalue weighted by Crippen LogP contribution is -2.17. The van der Waals surface area contributed by atoms with E-state index in [0.29, 0.717) is 6.54 Å². The van der Waals surface area contributed by atoms with Crippen LogP contribution in [0.25, 0.3) is 22.4 Å². The molecular formula is C19H20N2O. The third kappa shape index (κ3) is 2.62. The van der Waals surface area contributed by atoms with Gasteiger partial charge in [0.1, 0.15) is 0 Å². The van der Waals surface area contributed by atoms with Gasteiger partial charge in [-0.2, -0.15) is 0 Å². The lowest BCUT2D eigenvalue weighted by molar-refractivity contribution is 0.587. The summed E-state index contributed by atoms with van der Waals surface area (Å²) in [6, 6.07) is 18.1. The van der Waals surface area contributed by atoms with Crippen molar-refractivity contribution in [3.05, 3.63) is 70.5 Å². The fourth-order valence-electron chi connectivity index (χ4n) is 2.75. The molecule has 0 aliphatic rings. The van der Waals surface area contributed by atoms with Gasteiger partial charge < -0.3 is 0 Å². The molecule has 0 radical (unpaired) electrons. The van der Waals surface area contributed by atoms with Gasteiger partial charge in [-0.15, -0.1) is 0 Å². The normalized spacial score (nSPS) is 10.8. The number of H-pyrrole nitrogens is 1. The van der Waals surface area contributed by atoms with Crippen LogP contribution in [-0.2, 0) is 6.54 Å². The first-order valence-corrected chi connectivity index (χ1v) is 7.66. The predicted octanol–water partition coefficient (Wildman–Crippen LogP) is 4.23. The summed E-state index contributed by atoms with van der Waals surface area (Å²) in [5.41, 5.74) is 4.87. The van der Waals surface area contributed by atoms with Gasteiger partial charge in [-0.05, 0) is 25.0 Å². The topological polar surface area (TPSA) is 37.8 Å². The molecule has 1 N–H and O–H groups in total. The van der Waals surface area contributed by atoms with Crippen molar-refractivity contribution >= 4 is 0 Å². The second-order valence-electron chi connectivity index (χ2n) is 5.55. The molecule has 0 bridgehead atoms. The van der Waals surface area contributed by atoms with Crippen molar-refractivity contribution in [2.75, 3.05) is 0 Å². The van der Waals surface area contributed by atoms with Crippen molar-refractivity contribution in [1.82, 2.24) is 9.78 Å². The number of hydrogen-bond donors (Lipinski definition) is 1. The summed E-state index contributed by atoms with van der Waals surface area (Å²) >= 11 is 0. The van der Waals surface area contributed by atoms with Gasteiger partial charge in [0.15, 0.2) is 0 Å². The summed E-state index contributed by atoms with van der Waals surface area (Å²) < 4.78 is 1.71. The molecule has 112 valence electrons. The number of aromatic amines is 1. The smallest absolute Gasteiger partial charge is 0.274 e. The summed E-state index contributed by atoms with van der Waals surface area (Å²) in [4.78, 5) is 12.8. The third-order valence-electron chi connectivity index (χ3n) is 3.77. The SMILES string of the molecule is CCCn1[nH]c(-c2cccc(C)c2)c(-c2ccccc2)c1=O. The minimum absolute atomic E-state index is 0.0459. The average molecular weight is 292 g/mol. The van der Waals surface area contributed by atoms with Crippen molar-refractivity contribution in [1.29, 1.82) is 0 Å². The molecule has 0 atom stereocenters. The van der Waals surface area contributed by atoms with Crippen LogP contribution in [0.4, 0.5) is 0 Å². The quantitative estimate of drug-likeness (QED) is 0.767. The minimum atomic E-state index is 0.0459. The highest BCUT2D eigenvalue weighted by Gasteiger charge is 2.17. The second kappa shape index (κ2) is 6.06. The molecule has 3 heteroatoms. The third-order valence-corrected chi connectivity index (χ3v) is 3.77. The number of aromatic nitrogens is 2. The van der Waals surface area contributed by atoms with E-state index in [2.05, 4.69) is 31.1 Å². The summed E-state index contributed by atoms with van der Waals surface area (Å²) in [7, 11) is 0. The number of nitrogens with zero attached hydrogens (tertiary/aromatic N) is 1. The zero-order valence-corrected chi connectivity index (χ0v) is 13.0. The first-order chi connectivity index (χ1) is 10.7. The molecule has 2 aromatic carbocycles. The van der Waals surface area contributed by atoms with Crippen LogP contribution in [0.3, 0.4) is 0 Å². The zero-order valence-electron chi connectivity index (χ0n) is 13.0. The van der Waals surface area contributed by atoms with E-state index in [-0.39, 0.29) is 5.56 Å². The molecule has 0 amide bonds. The Balaban J connectivity index is 2.25. The predicted molar refractivity (Wildman–Crippen MR) is 91.0 cm³/mol. The molecule has 22 heavy (non-hydrogen) atoms. The highest BCUT2D eigenvalue weighted by atomic mass is 16.1. The van der Waals surface area contributed by atoms with Crippen molar-refractivity contribution < 1.29 is 0 Å². The van der Waals surface area contributed by atoms with E-state index in [1.807, 2.05) is 42.5 Å². The second-order valence-corrected chi connectivity index (χ2v) is 5.55. The van der Waals surface area contributed by atoms with Gasteiger partial charge in [0.2, 0.25) is 0 Å². The highest BCUT2D eigenvalue weighted by Crippen LogP contribution is 2.28. The van der Waals surface area contributed by atoms with Crippen LogP contribution in [0.2, 0.25) is 0 Å². The summed E-state index contributed by atoms with van der Waals surface area (Å²) in [5.74, 6) is 0. The maximum atomic E-state index is 12.8. The largest absolute Gasteiger partial charge is 0.294 e. The minimum Gasteiger partial charge on any atom is -0.294 e. The van der Waals surface area contributed by atoms with E-state index in [4.69, 9.17) is 0 Å². The number of aryl methyl sites for hydroxylation is 2. The Hall–Kier alpha value is -2.55. The zero-order chi connectivity index (χ0) is 15.5. The van der Waals surface area contributed by atoms with E-state index in [1.54, 1.807) is 4.68 Å². The maximum Gasteiger partial charge on any atom is 0.274 e. The summed E-state index contributed by atoms with van der Waals surface area (Å²) in [6.45, 7) is 4.83. The van der Waals surface area contributed by atoms with Crippen LogP contribution < -0.4 is 5.56 Å². The lowest BCUT2D eigenvalue weighted by Gasteiger charge is -2.04. The Kier molecular flexibility index (Phi) is 3.96. The van der Waals surface area contributed by atoms with Gasteiger partial charge >= 0.3 is 0 Å². The van der Waals surface area contributed by atoms with Crippen LogP contribution in [0, 0.1) is 6.92 Å². The van der Waals surface area contributed by atoms with E-state index in [9.17, 15) is 4.79 Å². The highest BCUT2D eigenvalue weighted by molar-refractivity contribution is 5.80. The maximum absolute atomic E-state index is 12.8. The molecule has 0 spiro atoms. The van der Waals surface area contributed by atoms with E-state index >= 15 is 0 Å². The molecule has 0 saturated heterocycles. The molecule has 0 unspecified atom stereocenters. The van der Waals surface area contributed by atoms with Gasteiger partial charge in [0.25, 0.3) is 5.56 Å². The van der Waals surface area contributed by atoms with Gasteiger partial charge in [-0.3, -0.25) is 14.6 Å². The Morgan fingerprint density at radius 1 is 1.00 bits per heavy atom. The van der Waals surface area contributed by atoms with Crippen LogP contribution in [-0.4, -0.2) is 9.78 Å². The van der Waals surface area contributed by atoms with E-state index < -0.39 is 0 Å². The van der Waals surface area contributed by atoms with E-state index in [1.165, 1.54) is 5.56 Å². The number of nitrogens with one attached hydrogen (secondary N) is 1. The Labute approximate surface area is 130 Å². The van der Waals surface area contributed by atoms with Crippen molar-refractivity contribution in [3.63, 3.8) is 0 Å². The first-order valence-electron chi connectivity index (χ1n) is 7.66. The van der Waals surface area contributed by atoms with Crippen LogP contribution in [0.15, 0.2) is 59.4 Å². The Morgan fingerprint density at radius 2 is 1.73 bits per heavy atom. The van der Waals surface area contributed by atoms with Crippen LogP contribution in [0.5, 0.6) is 0 Å². The fraction of sp³-hybridized carbons (Fsp3) is 0.211. The van der Waals surface area contributed by atoms with Crippen molar-refractivity contribution in [2.45, 2.75) is 26.8 Å². The van der Waals surface area contributed by atoms with Crippen molar-refractivity contribution in [3.8, 4) is 22.4 Å². The Bertz CT molecular complexity index is 828. The molecule has 0 saturated carbocycles. The summed E-state index contributed by atoms with van der Waals surface area (Å²) in [6.07, 6.45) is 0.919. The van der Waals surface area contributed by atoms with Gasteiger partial charge in [-0.1, -0.05) is 61.0 Å². The molecule has 1 heterocycles. The fourth-order valence-corrected chi connectivity index (χ4v) is 2.75. The molecule has 3 nitrogen and oxygen atoms in total. The molecule has 0 fully saturated rings. The van der Waals surface area contributed by atoms with Gasteiger partial charge in [0, 0.05) is 12.1 Å². The van der Waals surface area contributed by atoms with Gasteiger partial charge in [0.05, 0.1) is 11.3 Å². The standard InChI is InChI=1S/C19H20N2O/c1-3-12-21-19(22)17(15-9-5-4-6-10-15)18(20-21)16-11-7-8-14(2)13-16/h4-11,13,20H,3,12H2,1-2H3. The summed E-state index contributed by atoms with van der Waals surface area (Å²) in [5, 5.41) is 3.30. The first kappa shape index (κ1) is 14.4. The van der Waals surface area contributed by atoms with Crippen LogP contribution >= 0.6 is 0 Å². The molecule has 3 aromatic rings. The van der Waals surface area contributed by atoms with Crippen molar-refractivity contribution in [2.24, 2.45) is 0 Å². The lowest BCUT2D eigenvalue weighted by atomic mass is 10.0. The monoisotopic (exact) mass is 292 g/mol. The number of benzene rings is 2. The molecular weight excluding hydrogens is 272 g/mol. The molecule has 1 aromatic heterocycles. The van der Waals surface area contributed by atoms with E-state index in [0.717, 1.165) is 28.8 Å². The molecule has 0 aliphatic heterocycles.